The summed E-state index contributed by atoms with van der Waals surface area (Å²) < 4.78 is 0. The van der Waals surface area contributed by atoms with Crippen molar-refractivity contribution >= 4 is 29.6 Å². The second-order valence-electron chi connectivity index (χ2n) is 3.37. The van der Waals surface area contributed by atoms with Crippen molar-refractivity contribution in [1.82, 2.24) is 0 Å². The lowest BCUT2D eigenvalue weighted by atomic mass is 10.2. The molecule has 2 nitrogen and oxygen atoms in total. The van der Waals surface area contributed by atoms with E-state index in [1.54, 1.807) is 11.8 Å². The number of hydrogen-bond donors (Lipinski definition) is 1. The third kappa shape index (κ3) is 3.51. The molecule has 17 heavy (non-hydrogen) atoms. The predicted molar refractivity (Wildman–Crippen MR) is 71.4 cm³/mol. The molecular weight excluding hydrogens is 254 g/mol. The number of hydrogen-bond acceptors (Lipinski definition) is 3. The molecule has 2 rings (SSSR count). The number of nitrogens with zero attached hydrogens (tertiary/aromatic N) is 1. The van der Waals surface area contributed by atoms with Gasteiger partial charge in [-0.15, -0.1) is 0 Å². The predicted octanol–water partition coefficient (Wildman–Crippen LogP) is 4.30. The topological polar surface area (TPSA) is 32.6 Å². The largest absolute Gasteiger partial charge is 0.411 e. The molecule has 0 saturated carbocycles. The summed E-state index contributed by atoms with van der Waals surface area (Å²) in [6, 6.07) is 15.5. The molecular formula is C13H10ClNOS. The highest BCUT2D eigenvalue weighted by Gasteiger charge is 1.97. The van der Waals surface area contributed by atoms with Gasteiger partial charge in [-0.1, -0.05) is 40.7 Å². The molecule has 0 fully saturated rings. The Morgan fingerprint density at radius 1 is 0.941 bits per heavy atom. The molecule has 4 heteroatoms. The van der Waals surface area contributed by atoms with E-state index in [0.29, 0.717) is 0 Å². The van der Waals surface area contributed by atoms with Crippen molar-refractivity contribution in [2.45, 2.75) is 9.79 Å². The van der Waals surface area contributed by atoms with Crippen LogP contribution in [0.5, 0.6) is 0 Å². The molecule has 0 amide bonds. The molecule has 0 unspecified atom stereocenters. The average molecular weight is 264 g/mol. The fourth-order valence-electron chi connectivity index (χ4n) is 1.33. The van der Waals surface area contributed by atoms with Crippen LogP contribution in [0.4, 0.5) is 0 Å². The van der Waals surface area contributed by atoms with E-state index in [2.05, 4.69) is 5.16 Å². The third-order valence-electron chi connectivity index (χ3n) is 2.14. The van der Waals surface area contributed by atoms with Gasteiger partial charge in [-0.2, -0.15) is 0 Å². The third-order valence-corrected chi connectivity index (χ3v) is 3.40. The Labute approximate surface area is 109 Å². The number of benzene rings is 2. The molecule has 2 aromatic carbocycles. The maximum atomic E-state index is 8.40. The normalized spacial score (nSPS) is 10.9. The Morgan fingerprint density at radius 2 is 1.47 bits per heavy atom. The zero-order valence-corrected chi connectivity index (χ0v) is 10.4. The lowest BCUT2D eigenvalue weighted by Crippen LogP contribution is -1.80. The van der Waals surface area contributed by atoms with Crippen LogP contribution in [-0.2, 0) is 0 Å². The lowest BCUT2D eigenvalue weighted by molar-refractivity contribution is 0.322. The van der Waals surface area contributed by atoms with Crippen LogP contribution in [0.15, 0.2) is 63.5 Å². The highest BCUT2D eigenvalue weighted by Crippen LogP contribution is 2.28. The van der Waals surface area contributed by atoms with E-state index in [1.165, 1.54) is 6.21 Å². The van der Waals surface area contributed by atoms with E-state index in [9.17, 15) is 0 Å². The van der Waals surface area contributed by atoms with Gasteiger partial charge in [0.05, 0.1) is 6.21 Å². The van der Waals surface area contributed by atoms with Crippen LogP contribution in [-0.4, -0.2) is 11.4 Å². The summed E-state index contributed by atoms with van der Waals surface area (Å²) in [6.45, 7) is 0. The molecule has 0 aliphatic rings. The van der Waals surface area contributed by atoms with Gasteiger partial charge in [0.25, 0.3) is 0 Å². The number of rotatable bonds is 3. The van der Waals surface area contributed by atoms with E-state index < -0.39 is 0 Å². The monoisotopic (exact) mass is 263 g/mol. The Balaban J connectivity index is 2.11. The van der Waals surface area contributed by atoms with E-state index in [0.717, 1.165) is 20.4 Å². The first-order chi connectivity index (χ1) is 8.28. The minimum Gasteiger partial charge on any atom is -0.411 e. The van der Waals surface area contributed by atoms with Gasteiger partial charge in [0.2, 0.25) is 0 Å². The smallest absolute Gasteiger partial charge is 0.0733 e. The summed E-state index contributed by atoms with van der Waals surface area (Å²) in [5, 5.41) is 12.1. The fourth-order valence-corrected chi connectivity index (χ4v) is 2.27. The second-order valence-corrected chi connectivity index (χ2v) is 4.95. The van der Waals surface area contributed by atoms with Gasteiger partial charge >= 0.3 is 0 Å². The van der Waals surface area contributed by atoms with Crippen LogP contribution in [0.25, 0.3) is 0 Å². The van der Waals surface area contributed by atoms with Gasteiger partial charge in [-0.25, -0.2) is 0 Å². The van der Waals surface area contributed by atoms with Crippen molar-refractivity contribution in [3.8, 4) is 0 Å². The van der Waals surface area contributed by atoms with Crippen molar-refractivity contribution in [2.75, 3.05) is 0 Å². The SMILES string of the molecule is ON=Cc1ccc(Sc2ccc(Cl)cc2)cc1. The van der Waals surface area contributed by atoms with Gasteiger partial charge < -0.3 is 5.21 Å². The standard InChI is InChI=1S/C13H10ClNOS/c14-11-3-7-13(8-4-11)17-12-5-1-10(2-6-12)9-15-16/h1-9,16H. The van der Waals surface area contributed by atoms with Crippen LogP contribution in [0, 0.1) is 0 Å². The van der Waals surface area contributed by atoms with Crippen molar-refractivity contribution in [1.29, 1.82) is 0 Å². The highest BCUT2D eigenvalue weighted by molar-refractivity contribution is 7.99. The van der Waals surface area contributed by atoms with E-state index in [1.807, 2.05) is 48.5 Å². The quantitative estimate of drug-likeness (QED) is 0.509. The minimum absolute atomic E-state index is 0.740. The van der Waals surface area contributed by atoms with Gasteiger partial charge in [0.1, 0.15) is 0 Å². The molecule has 0 heterocycles. The van der Waals surface area contributed by atoms with Gasteiger partial charge in [-0.3, -0.25) is 0 Å². The average Bonchev–Trinajstić information content (AvgIpc) is 2.35. The maximum Gasteiger partial charge on any atom is 0.0733 e. The van der Waals surface area contributed by atoms with Crippen LogP contribution >= 0.6 is 23.4 Å². The van der Waals surface area contributed by atoms with E-state index in [4.69, 9.17) is 16.8 Å². The first-order valence-corrected chi connectivity index (χ1v) is 6.18. The minimum atomic E-state index is 0.740. The molecule has 86 valence electrons. The molecule has 0 saturated heterocycles. The Morgan fingerprint density at radius 3 is 2.00 bits per heavy atom. The Hall–Kier alpha value is -1.45. The summed E-state index contributed by atoms with van der Waals surface area (Å²) >= 11 is 7.48. The maximum absolute atomic E-state index is 8.40. The van der Waals surface area contributed by atoms with Crippen molar-refractivity contribution < 1.29 is 5.21 Å². The second kappa shape index (κ2) is 5.75. The first-order valence-electron chi connectivity index (χ1n) is 4.99. The zero-order chi connectivity index (χ0) is 12.1. The van der Waals surface area contributed by atoms with Gasteiger partial charge in [0, 0.05) is 14.8 Å². The Kier molecular flexibility index (Phi) is 4.07. The van der Waals surface area contributed by atoms with Crippen molar-refractivity contribution in [2.24, 2.45) is 5.16 Å². The summed E-state index contributed by atoms with van der Waals surface area (Å²) in [5.41, 5.74) is 0.868. The molecule has 1 N–H and O–H groups in total. The lowest BCUT2D eigenvalue weighted by Gasteiger charge is -2.02. The van der Waals surface area contributed by atoms with Gasteiger partial charge in [0.15, 0.2) is 0 Å². The first kappa shape index (κ1) is 12.0. The summed E-state index contributed by atoms with van der Waals surface area (Å²) in [5.74, 6) is 0. The van der Waals surface area contributed by atoms with Crippen LogP contribution in [0.3, 0.4) is 0 Å². The van der Waals surface area contributed by atoms with Gasteiger partial charge in [-0.05, 0) is 42.0 Å². The molecule has 0 aromatic heterocycles. The van der Waals surface area contributed by atoms with E-state index in [-0.39, 0.29) is 0 Å². The summed E-state index contributed by atoms with van der Waals surface area (Å²) in [7, 11) is 0. The van der Waals surface area contributed by atoms with Crippen LogP contribution in [0.2, 0.25) is 5.02 Å². The molecule has 0 aliphatic heterocycles. The van der Waals surface area contributed by atoms with Crippen molar-refractivity contribution in [3.05, 3.63) is 59.1 Å². The fraction of sp³-hybridized carbons (Fsp3) is 0. The summed E-state index contributed by atoms with van der Waals surface area (Å²) in [6.07, 6.45) is 1.40. The molecule has 0 radical (unpaired) electrons. The molecule has 0 aliphatic carbocycles. The van der Waals surface area contributed by atoms with E-state index >= 15 is 0 Å². The number of oxime groups is 1. The molecule has 0 spiro atoms. The van der Waals surface area contributed by atoms with Crippen LogP contribution < -0.4 is 0 Å². The van der Waals surface area contributed by atoms with Crippen LogP contribution in [0.1, 0.15) is 5.56 Å². The molecule has 0 bridgehead atoms. The molecule has 0 atom stereocenters. The molecule has 2 aromatic rings. The van der Waals surface area contributed by atoms with Crippen molar-refractivity contribution in [3.63, 3.8) is 0 Å². The summed E-state index contributed by atoms with van der Waals surface area (Å²) in [4.78, 5) is 2.26. The Bertz CT molecular complexity index is 508. The number of halogens is 1. The highest BCUT2D eigenvalue weighted by atomic mass is 35.5. The zero-order valence-electron chi connectivity index (χ0n) is 8.88.